The van der Waals surface area contributed by atoms with Crippen LogP contribution in [0.1, 0.15) is 51.7 Å². The molecule has 1 aliphatic rings. The summed E-state index contributed by atoms with van der Waals surface area (Å²) in [6.07, 6.45) is -2.94. The quantitative estimate of drug-likeness (QED) is 0.713. The molecule has 0 unspecified atom stereocenters. The maximum atomic E-state index is 13.1. The highest BCUT2D eigenvalue weighted by atomic mass is 35.5. The number of hydrogen-bond acceptors (Lipinski definition) is 2. The van der Waals surface area contributed by atoms with Crippen molar-refractivity contribution in [3.8, 4) is 0 Å². The molecule has 0 bridgehead atoms. The lowest BCUT2D eigenvalue weighted by Crippen LogP contribution is -2.60. The highest BCUT2D eigenvalue weighted by Crippen LogP contribution is 2.33. The van der Waals surface area contributed by atoms with Crippen molar-refractivity contribution in [1.82, 2.24) is 10.2 Å². The van der Waals surface area contributed by atoms with Gasteiger partial charge >= 0.3 is 6.18 Å². The van der Waals surface area contributed by atoms with Crippen molar-refractivity contribution in [2.24, 2.45) is 11.8 Å². The van der Waals surface area contributed by atoms with Gasteiger partial charge in [0.2, 0.25) is 5.91 Å². The molecule has 0 radical (unpaired) electrons. The van der Waals surface area contributed by atoms with Gasteiger partial charge in [-0.3, -0.25) is 9.69 Å². The second kappa shape index (κ2) is 8.82. The summed E-state index contributed by atoms with van der Waals surface area (Å²) < 4.78 is 39.2. The minimum Gasteiger partial charge on any atom is -0.351 e. The van der Waals surface area contributed by atoms with Crippen LogP contribution in [0.2, 0.25) is 5.02 Å². The van der Waals surface area contributed by atoms with Crippen LogP contribution in [0.4, 0.5) is 13.2 Å². The lowest BCUT2D eigenvalue weighted by Gasteiger charge is -2.41. The van der Waals surface area contributed by atoms with E-state index in [2.05, 4.69) is 19.2 Å². The second-order valence-electron chi connectivity index (χ2n) is 8.21. The monoisotopic (exact) mass is 404 g/mol. The Balaban J connectivity index is 2.29. The van der Waals surface area contributed by atoms with Gasteiger partial charge in [-0.25, -0.2) is 0 Å². The third-order valence-corrected chi connectivity index (χ3v) is 5.11. The molecule has 152 valence electrons. The Morgan fingerprint density at radius 1 is 1.19 bits per heavy atom. The van der Waals surface area contributed by atoms with Crippen molar-refractivity contribution in [2.45, 2.75) is 65.3 Å². The first kappa shape index (κ1) is 22.0. The molecule has 1 aliphatic heterocycles. The largest absolute Gasteiger partial charge is 0.416 e. The Kier molecular flexibility index (Phi) is 7.20. The fourth-order valence-electron chi connectivity index (χ4n) is 3.59. The van der Waals surface area contributed by atoms with Crippen LogP contribution in [-0.4, -0.2) is 29.4 Å². The molecule has 1 N–H and O–H groups in total. The van der Waals surface area contributed by atoms with E-state index in [4.69, 9.17) is 11.6 Å². The first-order valence-electron chi connectivity index (χ1n) is 9.37. The van der Waals surface area contributed by atoms with E-state index >= 15 is 0 Å². The topological polar surface area (TPSA) is 32.3 Å². The number of halogens is 4. The summed E-state index contributed by atoms with van der Waals surface area (Å²) in [5.41, 5.74) is -0.319. The Labute approximate surface area is 164 Å². The van der Waals surface area contributed by atoms with Crippen LogP contribution < -0.4 is 5.32 Å². The molecule has 2 rings (SSSR count). The Morgan fingerprint density at radius 2 is 1.81 bits per heavy atom. The van der Waals surface area contributed by atoms with Crippen molar-refractivity contribution in [2.75, 3.05) is 6.54 Å². The van der Waals surface area contributed by atoms with Gasteiger partial charge in [0, 0.05) is 24.2 Å². The molecule has 1 saturated heterocycles. The summed E-state index contributed by atoms with van der Waals surface area (Å²) in [4.78, 5) is 14.6. The van der Waals surface area contributed by atoms with Gasteiger partial charge in [-0.15, -0.1) is 0 Å². The van der Waals surface area contributed by atoms with Crippen molar-refractivity contribution in [3.63, 3.8) is 0 Å². The molecule has 2 atom stereocenters. The fraction of sp³-hybridized carbons (Fsp3) is 0.650. The van der Waals surface area contributed by atoms with E-state index in [0.717, 1.165) is 18.6 Å². The summed E-state index contributed by atoms with van der Waals surface area (Å²) >= 11 is 6.18. The van der Waals surface area contributed by atoms with Gasteiger partial charge in [0.05, 0.1) is 11.6 Å². The minimum atomic E-state index is -4.42. The van der Waals surface area contributed by atoms with E-state index in [1.807, 2.05) is 18.7 Å². The fourth-order valence-corrected chi connectivity index (χ4v) is 3.77. The molecule has 0 spiro atoms. The summed E-state index contributed by atoms with van der Waals surface area (Å²) in [6, 6.07) is 3.00. The predicted molar refractivity (Wildman–Crippen MR) is 101 cm³/mol. The van der Waals surface area contributed by atoms with Crippen molar-refractivity contribution >= 4 is 17.5 Å². The normalized spacial score (nSPS) is 21.8. The van der Waals surface area contributed by atoms with Crippen molar-refractivity contribution in [3.05, 3.63) is 34.3 Å². The molecular weight excluding hydrogens is 377 g/mol. The van der Waals surface area contributed by atoms with Gasteiger partial charge in [0.25, 0.3) is 0 Å². The van der Waals surface area contributed by atoms with Crippen molar-refractivity contribution in [1.29, 1.82) is 0 Å². The van der Waals surface area contributed by atoms with Crippen molar-refractivity contribution < 1.29 is 18.0 Å². The number of nitrogens with zero attached hydrogens (tertiary/aromatic N) is 1. The number of carbonyl (C=O) groups excluding carboxylic acids is 1. The third-order valence-electron chi connectivity index (χ3n) is 4.74. The van der Waals surface area contributed by atoms with Crippen LogP contribution >= 0.6 is 11.6 Å². The Morgan fingerprint density at radius 3 is 2.37 bits per heavy atom. The van der Waals surface area contributed by atoms with Crippen LogP contribution in [0.3, 0.4) is 0 Å². The van der Waals surface area contributed by atoms with Gasteiger partial charge in [-0.2, -0.15) is 13.2 Å². The zero-order valence-electron chi connectivity index (χ0n) is 16.2. The number of nitrogens with one attached hydrogen (secondary N) is 1. The number of alkyl halides is 3. The smallest absolute Gasteiger partial charge is 0.351 e. The average Bonchev–Trinajstić information content (AvgIpc) is 2.50. The number of rotatable bonds is 6. The number of amides is 1. The molecule has 3 nitrogen and oxygen atoms in total. The van der Waals surface area contributed by atoms with Gasteiger partial charge in [-0.1, -0.05) is 39.3 Å². The summed E-state index contributed by atoms with van der Waals surface area (Å²) in [5.74, 6) is 0.654. The molecule has 27 heavy (non-hydrogen) atoms. The van der Waals surface area contributed by atoms with Gasteiger partial charge in [0.1, 0.15) is 0 Å². The van der Waals surface area contributed by atoms with Gasteiger partial charge in [-0.05, 0) is 48.4 Å². The first-order valence-corrected chi connectivity index (χ1v) is 9.75. The number of carbonyl (C=O) groups is 1. The van der Waals surface area contributed by atoms with Crippen LogP contribution in [-0.2, 0) is 17.5 Å². The molecule has 7 heteroatoms. The summed E-state index contributed by atoms with van der Waals surface area (Å²) in [5, 5.41) is 3.37. The maximum absolute atomic E-state index is 13.1. The molecule has 0 aromatic heterocycles. The van der Waals surface area contributed by atoms with E-state index in [1.54, 1.807) is 0 Å². The molecule has 1 aromatic carbocycles. The lowest BCUT2D eigenvalue weighted by molar-refractivity contribution is -0.138. The molecule has 1 aromatic rings. The SMILES string of the molecule is CC(C)C[C@H]1CN(Cc2cc(C(F)(F)F)ccc2Cl)[C@@H](CC(C)C)C(=O)N1. The lowest BCUT2D eigenvalue weighted by atomic mass is 9.94. The number of hydrogen-bond donors (Lipinski definition) is 1. The van der Waals surface area contributed by atoms with E-state index in [0.29, 0.717) is 30.4 Å². The average molecular weight is 405 g/mol. The highest BCUT2D eigenvalue weighted by molar-refractivity contribution is 6.31. The van der Waals surface area contributed by atoms with Crippen LogP contribution in [0.15, 0.2) is 18.2 Å². The van der Waals surface area contributed by atoms with Crippen LogP contribution in [0.5, 0.6) is 0 Å². The Hall–Kier alpha value is -1.27. The number of benzene rings is 1. The first-order chi connectivity index (χ1) is 12.5. The standard InChI is InChI=1S/C20H28ClF3N2O/c1-12(2)7-16-11-26(18(8-13(3)4)19(27)25-16)10-14-9-15(20(22,23)24)5-6-17(14)21/h5-6,9,12-13,16,18H,7-8,10-11H2,1-4H3,(H,25,27)/t16-,18-/m0/s1. The molecule has 0 aliphatic carbocycles. The summed E-state index contributed by atoms with van der Waals surface area (Å²) in [6.45, 7) is 9.06. The molecular formula is C20H28ClF3N2O. The zero-order chi connectivity index (χ0) is 20.4. The van der Waals surface area contributed by atoms with E-state index in [9.17, 15) is 18.0 Å². The molecule has 1 fully saturated rings. The Bertz CT molecular complexity index is 661. The molecule has 0 saturated carbocycles. The second-order valence-corrected chi connectivity index (χ2v) is 8.62. The van der Waals surface area contributed by atoms with E-state index in [-0.39, 0.29) is 29.6 Å². The molecule has 1 amide bonds. The van der Waals surface area contributed by atoms with Gasteiger partial charge in [0.15, 0.2) is 0 Å². The van der Waals surface area contributed by atoms with Crippen LogP contribution in [0, 0.1) is 11.8 Å². The summed E-state index contributed by atoms with van der Waals surface area (Å²) in [7, 11) is 0. The van der Waals surface area contributed by atoms with Crippen LogP contribution in [0.25, 0.3) is 0 Å². The van der Waals surface area contributed by atoms with E-state index < -0.39 is 11.7 Å². The minimum absolute atomic E-state index is 0.00881. The highest BCUT2D eigenvalue weighted by Gasteiger charge is 2.36. The van der Waals surface area contributed by atoms with E-state index in [1.165, 1.54) is 6.07 Å². The molecule has 1 heterocycles. The van der Waals surface area contributed by atoms with Gasteiger partial charge < -0.3 is 5.32 Å². The predicted octanol–water partition coefficient (Wildman–Crippen LogP) is 5.12. The third kappa shape index (κ3) is 6.11. The maximum Gasteiger partial charge on any atom is 0.416 e. The zero-order valence-corrected chi connectivity index (χ0v) is 17.0. The number of piperazine rings is 1.